The minimum atomic E-state index is -0.173. The van der Waals surface area contributed by atoms with Crippen LogP contribution in [-0.4, -0.2) is 22.7 Å². The first-order chi connectivity index (χ1) is 7.22. The van der Waals surface area contributed by atoms with Gasteiger partial charge in [0.2, 0.25) is 0 Å². The fraction of sp³-hybridized carbons (Fsp3) is 0.583. The first-order valence-corrected chi connectivity index (χ1v) is 5.52. The Kier molecular flexibility index (Phi) is 5.29. The normalized spacial score (nSPS) is 12.7. The molecule has 0 saturated heterocycles. The molecule has 2 N–H and O–H groups in total. The summed E-state index contributed by atoms with van der Waals surface area (Å²) < 4.78 is 0. The Morgan fingerprint density at radius 1 is 1.47 bits per heavy atom. The maximum atomic E-state index is 9.34. The molecule has 0 aliphatic heterocycles. The number of nitrogens with zero attached hydrogens (tertiary/aromatic N) is 1. The Morgan fingerprint density at radius 2 is 2.27 bits per heavy atom. The first-order valence-electron chi connectivity index (χ1n) is 5.52. The fourth-order valence-corrected chi connectivity index (χ4v) is 1.31. The van der Waals surface area contributed by atoms with E-state index in [1.807, 2.05) is 26.1 Å². The number of aliphatic hydroxyl groups excluding tert-OH is 1. The molecular formula is C12H20N2O. The van der Waals surface area contributed by atoms with Crippen molar-refractivity contribution in [2.24, 2.45) is 0 Å². The van der Waals surface area contributed by atoms with Gasteiger partial charge < -0.3 is 10.4 Å². The first kappa shape index (κ1) is 12.1. The van der Waals surface area contributed by atoms with E-state index in [2.05, 4.69) is 16.4 Å². The van der Waals surface area contributed by atoms with Gasteiger partial charge in [0.15, 0.2) is 0 Å². The summed E-state index contributed by atoms with van der Waals surface area (Å²) in [6.07, 6.45) is 3.36. The van der Waals surface area contributed by atoms with Crippen molar-refractivity contribution in [2.75, 3.05) is 6.54 Å². The monoisotopic (exact) mass is 208 g/mol. The number of hydrogen-bond acceptors (Lipinski definition) is 3. The third kappa shape index (κ3) is 4.91. The predicted octanol–water partition coefficient (Wildman–Crippen LogP) is 1.64. The van der Waals surface area contributed by atoms with E-state index in [9.17, 15) is 5.11 Å². The third-order valence-corrected chi connectivity index (χ3v) is 2.43. The van der Waals surface area contributed by atoms with Crippen LogP contribution in [-0.2, 0) is 6.54 Å². The van der Waals surface area contributed by atoms with Gasteiger partial charge in [0.1, 0.15) is 0 Å². The van der Waals surface area contributed by atoms with Crippen molar-refractivity contribution in [2.45, 2.75) is 39.3 Å². The zero-order chi connectivity index (χ0) is 11.1. The summed E-state index contributed by atoms with van der Waals surface area (Å²) in [5.74, 6) is 0. The average Bonchev–Trinajstić information content (AvgIpc) is 2.26. The van der Waals surface area contributed by atoms with E-state index in [0.717, 1.165) is 31.6 Å². The number of aliphatic hydroxyl groups is 1. The van der Waals surface area contributed by atoms with Crippen LogP contribution in [0.2, 0.25) is 0 Å². The SMILES string of the molecule is CCC(O)CCNCc1ccc(C)nc1. The van der Waals surface area contributed by atoms with E-state index in [-0.39, 0.29) is 6.10 Å². The second kappa shape index (κ2) is 6.53. The number of pyridine rings is 1. The molecule has 0 bridgehead atoms. The maximum Gasteiger partial charge on any atom is 0.0549 e. The lowest BCUT2D eigenvalue weighted by molar-refractivity contribution is 0.159. The summed E-state index contributed by atoms with van der Waals surface area (Å²) in [5.41, 5.74) is 2.23. The van der Waals surface area contributed by atoms with Crippen LogP contribution >= 0.6 is 0 Å². The van der Waals surface area contributed by atoms with E-state index in [1.165, 1.54) is 5.56 Å². The van der Waals surface area contributed by atoms with Crippen LogP contribution in [0.25, 0.3) is 0 Å². The molecule has 0 spiro atoms. The van der Waals surface area contributed by atoms with Crippen LogP contribution in [0.4, 0.5) is 0 Å². The highest BCUT2D eigenvalue weighted by Crippen LogP contribution is 1.99. The molecular weight excluding hydrogens is 188 g/mol. The van der Waals surface area contributed by atoms with Gasteiger partial charge in [-0.05, 0) is 37.9 Å². The van der Waals surface area contributed by atoms with E-state index < -0.39 is 0 Å². The predicted molar refractivity (Wildman–Crippen MR) is 61.6 cm³/mol. The fourth-order valence-electron chi connectivity index (χ4n) is 1.31. The van der Waals surface area contributed by atoms with E-state index in [4.69, 9.17) is 0 Å². The van der Waals surface area contributed by atoms with E-state index in [1.54, 1.807) is 0 Å². The highest BCUT2D eigenvalue weighted by molar-refractivity contribution is 5.12. The van der Waals surface area contributed by atoms with Crippen LogP contribution in [0.5, 0.6) is 0 Å². The zero-order valence-electron chi connectivity index (χ0n) is 9.53. The molecule has 15 heavy (non-hydrogen) atoms. The van der Waals surface area contributed by atoms with E-state index in [0.29, 0.717) is 0 Å². The average molecular weight is 208 g/mol. The Bertz CT molecular complexity index is 271. The number of aromatic nitrogens is 1. The molecule has 0 fully saturated rings. The Labute approximate surface area is 91.5 Å². The molecule has 1 aromatic rings. The van der Waals surface area contributed by atoms with Gasteiger partial charge in [0.25, 0.3) is 0 Å². The maximum absolute atomic E-state index is 9.34. The van der Waals surface area contributed by atoms with Crippen molar-refractivity contribution in [1.82, 2.24) is 10.3 Å². The smallest absolute Gasteiger partial charge is 0.0549 e. The molecule has 1 unspecified atom stereocenters. The second-order valence-corrected chi connectivity index (χ2v) is 3.84. The van der Waals surface area contributed by atoms with Gasteiger partial charge in [0.05, 0.1) is 6.10 Å². The molecule has 1 aromatic heterocycles. The number of nitrogens with one attached hydrogen (secondary N) is 1. The molecule has 84 valence electrons. The quantitative estimate of drug-likeness (QED) is 0.699. The number of aryl methyl sites for hydroxylation is 1. The molecule has 1 atom stereocenters. The van der Waals surface area contributed by atoms with Crippen molar-refractivity contribution in [3.05, 3.63) is 29.6 Å². The third-order valence-electron chi connectivity index (χ3n) is 2.43. The van der Waals surface area contributed by atoms with Gasteiger partial charge in [-0.1, -0.05) is 13.0 Å². The Hall–Kier alpha value is -0.930. The lowest BCUT2D eigenvalue weighted by Crippen LogP contribution is -2.19. The molecule has 0 radical (unpaired) electrons. The summed E-state index contributed by atoms with van der Waals surface area (Å²) in [6, 6.07) is 4.09. The number of rotatable bonds is 6. The van der Waals surface area contributed by atoms with Crippen molar-refractivity contribution in [1.29, 1.82) is 0 Å². The highest BCUT2D eigenvalue weighted by atomic mass is 16.3. The molecule has 0 amide bonds. The van der Waals surface area contributed by atoms with Crippen molar-refractivity contribution < 1.29 is 5.11 Å². The van der Waals surface area contributed by atoms with Crippen LogP contribution in [0.3, 0.4) is 0 Å². The summed E-state index contributed by atoms with van der Waals surface area (Å²) >= 11 is 0. The van der Waals surface area contributed by atoms with Crippen molar-refractivity contribution in [3.8, 4) is 0 Å². The van der Waals surface area contributed by atoms with Gasteiger partial charge in [-0.15, -0.1) is 0 Å². The van der Waals surface area contributed by atoms with Gasteiger partial charge in [-0.25, -0.2) is 0 Å². The van der Waals surface area contributed by atoms with Gasteiger partial charge in [-0.3, -0.25) is 4.98 Å². The van der Waals surface area contributed by atoms with Gasteiger partial charge in [-0.2, -0.15) is 0 Å². The summed E-state index contributed by atoms with van der Waals surface area (Å²) in [7, 11) is 0. The summed E-state index contributed by atoms with van der Waals surface area (Å²) in [5, 5.41) is 12.6. The molecule has 0 aliphatic carbocycles. The molecule has 3 heteroatoms. The Balaban J connectivity index is 2.17. The van der Waals surface area contributed by atoms with Crippen LogP contribution < -0.4 is 5.32 Å². The van der Waals surface area contributed by atoms with Crippen molar-refractivity contribution >= 4 is 0 Å². The molecule has 0 aromatic carbocycles. The van der Waals surface area contributed by atoms with E-state index >= 15 is 0 Å². The molecule has 3 nitrogen and oxygen atoms in total. The number of hydrogen-bond donors (Lipinski definition) is 2. The Morgan fingerprint density at radius 3 is 2.87 bits per heavy atom. The molecule has 0 saturated carbocycles. The molecule has 1 heterocycles. The lowest BCUT2D eigenvalue weighted by Gasteiger charge is -2.08. The molecule has 1 rings (SSSR count). The summed E-state index contributed by atoms with van der Waals surface area (Å²) in [6.45, 7) is 5.65. The topological polar surface area (TPSA) is 45.1 Å². The largest absolute Gasteiger partial charge is 0.393 e. The molecule has 0 aliphatic rings. The second-order valence-electron chi connectivity index (χ2n) is 3.84. The van der Waals surface area contributed by atoms with Gasteiger partial charge >= 0.3 is 0 Å². The lowest BCUT2D eigenvalue weighted by atomic mass is 10.2. The van der Waals surface area contributed by atoms with Crippen LogP contribution in [0.15, 0.2) is 18.3 Å². The summed E-state index contributed by atoms with van der Waals surface area (Å²) in [4.78, 5) is 4.22. The highest BCUT2D eigenvalue weighted by Gasteiger charge is 1.99. The van der Waals surface area contributed by atoms with Crippen molar-refractivity contribution in [3.63, 3.8) is 0 Å². The zero-order valence-corrected chi connectivity index (χ0v) is 9.53. The minimum Gasteiger partial charge on any atom is -0.393 e. The standard InChI is InChI=1S/C12H20N2O/c1-3-12(15)6-7-13-8-11-5-4-10(2)14-9-11/h4-5,9,12-13,15H,3,6-8H2,1-2H3. The minimum absolute atomic E-state index is 0.173. The van der Waals surface area contributed by atoms with Crippen LogP contribution in [0, 0.1) is 6.92 Å². The van der Waals surface area contributed by atoms with Crippen LogP contribution in [0.1, 0.15) is 31.0 Å². The van der Waals surface area contributed by atoms with Gasteiger partial charge in [0, 0.05) is 18.4 Å².